The van der Waals surface area contributed by atoms with E-state index in [4.69, 9.17) is 4.98 Å². The number of nitrogens with zero attached hydrogens (tertiary/aromatic N) is 6. The average molecular weight is 388 g/mol. The van der Waals surface area contributed by atoms with E-state index >= 15 is 0 Å². The topological polar surface area (TPSA) is 82.7 Å². The molecule has 0 bridgehead atoms. The highest BCUT2D eigenvalue weighted by Gasteiger charge is 2.09. The first-order chi connectivity index (χ1) is 14.2. The average Bonchev–Trinajstić information content (AvgIpc) is 3.16. The van der Waals surface area contributed by atoms with Crippen LogP contribution in [0.2, 0.25) is 0 Å². The molecule has 0 saturated carbocycles. The van der Waals surface area contributed by atoms with Crippen LogP contribution in [0.25, 0.3) is 16.6 Å². The quantitative estimate of drug-likeness (QED) is 0.403. The fourth-order valence-corrected chi connectivity index (χ4v) is 3.18. The minimum Gasteiger partial charge on any atom is -0.363 e. The van der Waals surface area contributed by atoms with Crippen LogP contribution >= 0.6 is 0 Å². The molecule has 1 aromatic carbocycles. The molecule has 0 radical (unpaired) electrons. The van der Waals surface area contributed by atoms with Gasteiger partial charge in [0.2, 0.25) is 0 Å². The highest BCUT2D eigenvalue weighted by Crippen LogP contribution is 2.22. The Bertz CT molecular complexity index is 1160. The van der Waals surface area contributed by atoms with Gasteiger partial charge in [-0.3, -0.25) is 9.39 Å². The highest BCUT2D eigenvalue weighted by atomic mass is 15.3. The van der Waals surface area contributed by atoms with Crippen LogP contribution in [0, 0.1) is 0 Å². The third-order valence-electron chi connectivity index (χ3n) is 4.71. The van der Waals surface area contributed by atoms with E-state index in [2.05, 4.69) is 38.0 Å². The zero-order chi connectivity index (χ0) is 20.2. The number of aliphatic imine (C=N–C) groups is 1. The van der Waals surface area contributed by atoms with Gasteiger partial charge in [0.05, 0.1) is 12.1 Å². The Morgan fingerprint density at radius 1 is 1.03 bits per heavy atom. The third-order valence-corrected chi connectivity index (χ3v) is 4.71. The summed E-state index contributed by atoms with van der Waals surface area (Å²) in [6, 6.07) is 16.1. The lowest BCUT2D eigenvalue weighted by atomic mass is 10.1. The molecule has 148 valence electrons. The van der Waals surface area contributed by atoms with Gasteiger partial charge in [-0.25, -0.2) is 4.98 Å². The van der Waals surface area contributed by atoms with Crippen molar-refractivity contribution in [2.24, 2.45) is 4.99 Å². The summed E-state index contributed by atoms with van der Waals surface area (Å²) < 4.78 is 1.96. The molecule has 0 atom stereocenters. The van der Waals surface area contributed by atoms with Crippen LogP contribution in [0.4, 0.5) is 5.82 Å². The van der Waals surface area contributed by atoms with E-state index in [1.165, 1.54) is 0 Å². The van der Waals surface area contributed by atoms with E-state index in [0.717, 1.165) is 33.8 Å². The Kier molecular flexibility index (Phi) is 5.24. The monoisotopic (exact) mass is 388 g/mol. The van der Waals surface area contributed by atoms with Crippen molar-refractivity contribution in [3.63, 3.8) is 0 Å². The third kappa shape index (κ3) is 3.96. The first-order valence-corrected chi connectivity index (χ1v) is 9.45. The number of pyridine rings is 2. The van der Waals surface area contributed by atoms with Crippen molar-refractivity contribution < 1.29 is 0 Å². The Morgan fingerprint density at radius 2 is 1.83 bits per heavy atom. The maximum atomic E-state index is 4.72. The largest absolute Gasteiger partial charge is 0.363 e. The summed E-state index contributed by atoms with van der Waals surface area (Å²) in [5.74, 6) is 2.45. The summed E-state index contributed by atoms with van der Waals surface area (Å²) in [6.07, 6.45) is 1.95. The van der Waals surface area contributed by atoms with Crippen LogP contribution in [-0.4, -0.2) is 46.7 Å². The molecule has 4 aromatic rings. The SMILES string of the molecule is CN=C(NCc1cc(N(C)C)nc2ccccc12)NCc1nnc2ccccn12. The maximum absolute atomic E-state index is 4.72. The number of hydrogen-bond acceptors (Lipinski definition) is 5. The number of guanidine groups is 1. The molecule has 3 heterocycles. The van der Waals surface area contributed by atoms with Gasteiger partial charge in [0.1, 0.15) is 5.82 Å². The molecule has 0 saturated heterocycles. The van der Waals surface area contributed by atoms with E-state index < -0.39 is 0 Å². The van der Waals surface area contributed by atoms with Gasteiger partial charge in [0, 0.05) is 39.3 Å². The van der Waals surface area contributed by atoms with E-state index in [1.807, 2.05) is 66.0 Å². The Hall–Kier alpha value is -3.68. The molecular formula is C21H24N8. The molecule has 0 unspecified atom stereocenters. The summed E-state index contributed by atoms with van der Waals surface area (Å²) in [5.41, 5.74) is 2.97. The van der Waals surface area contributed by atoms with E-state index in [1.54, 1.807) is 7.05 Å². The molecule has 2 N–H and O–H groups in total. The van der Waals surface area contributed by atoms with Crippen molar-refractivity contribution in [1.82, 2.24) is 30.2 Å². The summed E-state index contributed by atoms with van der Waals surface area (Å²) in [7, 11) is 5.75. The number of benzene rings is 1. The van der Waals surface area contributed by atoms with Crippen molar-refractivity contribution in [3.05, 3.63) is 66.1 Å². The highest BCUT2D eigenvalue weighted by molar-refractivity contribution is 5.85. The minimum absolute atomic E-state index is 0.519. The molecule has 8 heteroatoms. The van der Waals surface area contributed by atoms with Crippen LogP contribution < -0.4 is 15.5 Å². The van der Waals surface area contributed by atoms with Crippen LogP contribution in [0.3, 0.4) is 0 Å². The number of aromatic nitrogens is 4. The summed E-state index contributed by atoms with van der Waals surface area (Å²) in [4.78, 5) is 11.1. The fraction of sp³-hybridized carbons (Fsp3) is 0.238. The minimum atomic E-state index is 0.519. The van der Waals surface area contributed by atoms with Gasteiger partial charge in [0.15, 0.2) is 17.4 Å². The Labute approximate surface area is 169 Å². The lowest BCUT2D eigenvalue weighted by Gasteiger charge is -2.16. The second-order valence-electron chi connectivity index (χ2n) is 6.88. The zero-order valence-electron chi connectivity index (χ0n) is 16.8. The normalized spacial score (nSPS) is 11.8. The first kappa shape index (κ1) is 18.7. The fourth-order valence-electron chi connectivity index (χ4n) is 3.18. The van der Waals surface area contributed by atoms with Gasteiger partial charge >= 0.3 is 0 Å². The van der Waals surface area contributed by atoms with Crippen molar-refractivity contribution in [3.8, 4) is 0 Å². The lowest BCUT2D eigenvalue weighted by molar-refractivity contribution is 0.763. The van der Waals surface area contributed by atoms with Gasteiger partial charge in [-0.1, -0.05) is 24.3 Å². The van der Waals surface area contributed by atoms with E-state index in [-0.39, 0.29) is 0 Å². The second kappa shape index (κ2) is 8.14. The van der Waals surface area contributed by atoms with Gasteiger partial charge < -0.3 is 15.5 Å². The van der Waals surface area contributed by atoms with Crippen molar-refractivity contribution in [1.29, 1.82) is 0 Å². The predicted molar refractivity (Wildman–Crippen MR) is 116 cm³/mol. The molecule has 0 amide bonds. The molecule has 0 aliphatic heterocycles. The van der Waals surface area contributed by atoms with Crippen molar-refractivity contribution >= 4 is 28.3 Å². The number of anilines is 1. The van der Waals surface area contributed by atoms with E-state index in [0.29, 0.717) is 19.0 Å². The summed E-state index contributed by atoms with van der Waals surface area (Å²) in [6.45, 7) is 1.15. The van der Waals surface area contributed by atoms with Crippen molar-refractivity contribution in [2.75, 3.05) is 26.0 Å². The lowest BCUT2D eigenvalue weighted by Crippen LogP contribution is -2.36. The van der Waals surface area contributed by atoms with Gasteiger partial charge in [-0.2, -0.15) is 0 Å². The molecule has 0 fully saturated rings. The molecule has 29 heavy (non-hydrogen) atoms. The molecule has 8 nitrogen and oxygen atoms in total. The summed E-state index contributed by atoms with van der Waals surface area (Å²) in [5, 5.41) is 16.3. The van der Waals surface area contributed by atoms with Crippen LogP contribution in [-0.2, 0) is 13.1 Å². The predicted octanol–water partition coefficient (Wildman–Crippen LogP) is 2.21. The van der Waals surface area contributed by atoms with Crippen LogP contribution in [0.15, 0.2) is 59.7 Å². The molecule has 0 aliphatic rings. The standard InChI is InChI=1S/C21H24N8/c1-22-21(24-14-20-27-26-18-10-6-7-11-29(18)20)23-13-15-12-19(28(2)3)25-17-9-5-4-8-16(15)17/h4-12H,13-14H2,1-3H3,(H2,22,23,24). The number of rotatable bonds is 5. The van der Waals surface area contributed by atoms with E-state index in [9.17, 15) is 0 Å². The molecule has 3 aromatic heterocycles. The molecular weight excluding hydrogens is 364 g/mol. The van der Waals surface area contributed by atoms with Crippen LogP contribution in [0.1, 0.15) is 11.4 Å². The smallest absolute Gasteiger partial charge is 0.191 e. The van der Waals surface area contributed by atoms with Crippen molar-refractivity contribution in [2.45, 2.75) is 13.1 Å². The van der Waals surface area contributed by atoms with Gasteiger partial charge in [0.25, 0.3) is 0 Å². The Morgan fingerprint density at radius 3 is 2.66 bits per heavy atom. The molecule has 4 rings (SSSR count). The molecule has 0 aliphatic carbocycles. The number of hydrogen-bond donors (Lipinski definition) is 2. The number of nitrogens with one attached hydrogen (secondary N) is 2. The maximum Gasteiger partial charge on any atom is 0.191 e. The summed E-state index contributed by atoms with van der Waals surface area (Å²) >= 11 is 0. The zero-order valence-corrected chi connectivity index (χ0v) is 16.8. The number of fused-ring (bicyclic) bond motifs is 2. The first-order valence-electron chi connectivity index (χ1n) is 9.45. The Balaban J connectivity index is 1.49. The van der Waals surface area contributed by atoms with Crippen LogP contribution in [0.5, 0.6) is 0 Å². The van der Waals surface area contributed by atoms with Gasteiger partial charge in [-0.05, 0) is 29.8 Å². The van der Waals surface area contributed by atoms with Gasteiger partial charge in [-0.15, -0.1) is 10.2 Å². The second-order valence-corrected chi connectivity index (χ2v) is 6.88. The molecule has 0 spiro atoms. The number of para-hydroxylation sites is 1.